The maximum Gasteiger partial charge on any atom is 0.179 e. The first-order valence-electron chi connectivity index (χ1n) is 3.66. The van der Waals surface area contributed by atoms with Crippen molar-refractivity contribution in [3.8, 4) is 0 Å². The fraction of sp³-hybridized carbons (Fsp3) is 0.222. The van der Waals surface area contributed by atoms with Crippen LogP contribution < -0.4 is 5.73 Å². The first-order chi connectivity index (χ1) is 5.61. The second-order valence-corrected chi connectivity index (χ2v) is 3.58. The summed E-state index contributed by atoms with van der Waals surface area (Å²) in [6, 6.07) is 6.75. The van der Waals surface area contributed by atoms with Crippen molar-refractivity contribution in [2.75, 3.05) is 0 Å². The molecule has 1 aromatic rings. The highest BCUT2D eigenvalue weighted by molar-refractivity contribution is 9.10. The predicted octanol–water partition coefficient (Wildman–Crippen LogP) is 1.98. The minimum Gasteiger partial charge on any atom is -0.321 e. The highest BCUT2D eigenvalue weighted by atomic mass is 79.9. The van der Waals surface area contributed by atoms with E-state index in [0.29, 0.717) is 5.56 Å². The molecule has 12 heavy (non-hydrogen) atoms. The smallest absolute Gasteiger partial charge is 0.179 e. The van der Waals surface area contributed by atoms with Gasteiger partial charge in [-0.2, -0.15) is 0 Å². The number of carbonyl (C=O) groups excluding carboxylic acids is 1. The Morgan fingerprint density at radius 2 is 1.92 bits per heavy atom. The molecule has 3 heteroatoms. The quantitative estimate of drug-likeness (QED) is 0.786. The van der Waals surface area contributed by atoms with Gasteiger partial charge >= 0.3 is 0 Å². The maximum atomic E-state index is 11.3. The lowest BCUT2D eigenvalue weighted by Crippen LogP contribution is -2.26. The average molecular weight is 228 g/mol. The van der Waals surface area contributed by atoms with E-state index in [4.69, 9.17) is 5.73 Å². The molecule has 0 aliphatic rings. The van der Waals surface area contributed by atoms with Crippen LogP contribution in [-0.4, -0.2) is 11.8 Å². The van der Waals surface area contributed by atoms with Gasteiger partial charge in [0.15, 0.2) is 5.78 Å². The Bertz CT molecular complexity index is 279. The molecule has 0 aromatic heterocycles. The van der Waals surface area contributed by atoms with Gasteiger partial charge in [-0.3, -0.25) is 4.79 Å². The Morgan fingerprint density at radius 3 is 2.33 bits per heavy atom. The molecule has 64 valence electrons. The molecule has 0 spiro atoms. The van der Waals surface area contributed by atoms with Crippen LogP contribution in [0.4, 0.5) is 0 Å². The Morgan fingerprint density at radius 1 is 1.42 bits per heavy atom. The molecular formula is C9H10BrNO. The van der Waals surface area contributed by atoms with Crippen LogP contribution in [0.1, 0.15) is 17.3 Å². The van der Waals surface area contributed by atoms with Crippen molar-refractivity contribution >= 4 is 21.7 Å². The normalized spacial score (nSPS) is 12.6. The molecule has 0 saturated heterocycles. The number of halogens is 1. The highest BCUT2D eigenvalue weighted by Crippen LogP contribution is 2.11. The van der Waals surface area contributed by atoms with Crippen molar-refractivity contribution < 1.29 is 4.79 Å². The van der Waals surface area contributed by atoms with Crippen LogP contribution in [0.25, 0.3) is 0 Å². The van der Waals surface area contributed by atoms with Gasteiger partial charge in [0.05, 0.1) is 6.04 Å². The van der Waals surface area contributed by atoms with Gasteiger partial charge in [0.25, 0.3) is 0 Å². The molecule has 0 bridgehead atoms. The third-order valence-corrected chi connectivity index (χ3v) is 2.07. The van der Waals surface area contributed by atoms with Crippen molar-refractivity contribution in [3.05, 3.63) is 34.3 Å². The lowest BCUT2D eigenvalue weighted by Gasteiger charge is -2.03. The summed E-state index contributed by atoms with van der Waals surface area (Å²) >= 11 is 3.29. The molecule has 2 nitrogen and oxygen atoms in total. The van der Waals surface area contributed by atoms with Crippen molar-refractivity contribution in [3.63, 3.8) is 0 Å². The summed E-state index contributed by atoms with van der Waals surface area (Å²) in [6.07, 6.45) is 0. The molecular weight excluding hydrogens is 218 g/mol. The van der Waals surface area contributed by atoms with Crippen LogP contribution in [0.15, 0.2) is 28.7 Å². The van der Waals surface area contributed by atoms with Gasteiger partial charge in [0.1, 0.15) is 0 Å². The van der Waals surface area contributed by atoms with Crippen molar-refractivity contribution in [1.82, 2.24) is 0 Å². The number of hydrogen-bond donors (Lipinski definition) is 1. The summed E-state index contributed by atoms with van der Waals surface area (Å²) in [7, 11) is 0. The van der Waals surface area contributed by atoms with Crippen molar-refractivity contribution in [2.45, 2.75) is 13.0 Å². The summed E-state index contributed by atoms with van der Waals surface area (Å²) < 4.78 is 0.962. The molecule has 1 rings (SSSR count). The monoisotopic (exact) mass is 227 g/mol. The Balaban J connectivity index is 2.90. The summed E-state index contributed by atoms with van der Waals surface area (Å²) in [4.78, 5) is 11.3. The fourth-order valence-corrected chi connectivity index (χ4v) is 1.14. The van der Waals surface area contributed by atoms with E-state index in [1.54, 1.807) is 19.1 Å². The summed E-state index contributed by atoms with van der Waals surface area (Å²) in [6.45, 7) is 1.68. The van der Waals surface area contributed by atoms with Gasteiger partial charge in [-0.25, -0.2) is 0 Å². The first kappa shape index (κ1) is 9.42. The van der Waals surface area contributed by atoms with Crippen molar-refractivity contribution in [1.29, 1.82) is 0 Å². The minimum atomic E-state index is -0.425. The lowest BCUT2D eigenvalue weighted by molar-refractivity contribution is 0.0968. The number of ketones is 1. The molecule has 0 fully saturated rings. The summed E-state index contributed by atoms with van der Waals surface area (Å²) in [5, 5.41) is 0. The molecule has 1 aromatic carbocycles. The van der Waals surface area contributed by atoms with Crippen LogP contribution in [0.3, 0.4) is 0 Å². The lowest BCUT2D eigenvalue weighted by atomic mass is 10.1. The molecule has 0 saturated carbocycles. The Kier molecular flexibility index (Phi) is 3.00. The molecule has 0 aliphatic heterocycles. The van der Waals surface area contributed by atoms with Crippen LogP contribution in [-0.2, 0) is 0 Å². The molecule has 1 unspecified atom stereocenters. The molecule has 0 amide bonds. The van der Waals surface area contributed by atoms with E-state index in [-0.39, 0.29) is 5.78 Å². The van der Waals surface area contributed by atoms with E-state index in [0.717, 1.165) is 4.47 Å². The van der Waals surface area contributed by atoms with Crippen LogP contribution >= 0.6 is 15.9 Å². The average Bonchev–Trinajstić information content (AvgIpc) is 2.04. The minimum absolute atomic E-state index is 0.0255. The zero-order valence-corrected chi connectivity index (χ0v) is 8.34. The Labute approximate surface area is 79.9 Å². The maximum absolute atomic E-state index is 11.3. The molecule has 2 N–H and O–H groups in total. The standard InChI is InChI=1S/C9H10BrNO/c1-6(11)9(12)7-2-4-8(10)5-3-7/h2-6H,11H2,1H3. The van der Waals surface area contributed by atoms with Gasteiger partial charge in [-0.05, 0) is 19.1 Å². The van der Waals surface area contributed by atoms with Gasteiger partial charge in [0, 0.05) is 10.0 Å². The largest absolute Gasteiger partial charge is 0.321 e. The number of Topliss-reactive ketones (excluding diaryl/α,β-unsaturated/α-hetero) is 1. The fourth-order valence-electron chi connectivity index (χ4n) is 0.877. The molecule has 0 aliphatic carbocycles. The molecule has 0 radical (unpaired) electrons. The van der Waals surface area contributed by atoms with Crippen LogP contribution in [0.5, 0.6) is 0 Å². The topological polar surface area (TPSA) is 43.1 Å². The van der Waals surface area contributed by atoms with E-state index in [2.05, 4.69) is 15.9 Å². The van der Waals surface area contributed by atoms with Crippen LogP contribution in [0, 0.1) is 0 Å². The number of hydrogen-bond acceptors (Lipinski definition) is 2. The van der Waals surface area contributed by atoms with E-state index in [1.807, 2.05) is 12.1 Å². The van der Waals surface area contributed by atoms with E-state index in [1.165, 1.54) is 0 Å². The molecule has 1 atom stereocenters. The summed E-state index contributed by atoms with van der Waals surface area (Å²) in [5.74, 6) is -0.0255. The molecule has 0 heterocycles. The van der Waals surface area contributed by atoms with Gasteiger partial charge in [-0.1, -0.05) is 28.1 Å². The van der Waals surface area contributed by atoms with Crippen molar-refractivity contribution in [2.24, 2.45) is 5.73 Å². The van der Waals surface area contributed by atoms with Gasteiger partial charge < -0.3 is 5.73 Å². The third kappa shape index (κ3) is 2.16. The number of rotatable bonds is 2. The second-order valence-electron chi connectivity index (χ2n) is 2.66. The van der Waals surface area contributed by atoms with E-state index in [9.17, 15) is 4.79 Å². The summed E-state index contributed by atoms with van der Waals surface area (Å²) in [5.41, 5.74) is 6.11. The first-order valence-corrected chi connectivity index (χ1v) is 4.46. The predicted molar refractivity (Wildman–Crippen MR) is 52.1 cm³/mol. The van der Waals surface area contributed by atoms with Gasteiger partial charge in [0.2, 0.25) is 0 Å². The second kappa shape index (κ2) is 3.83. The van der Waals surface area contributed by atoms with E-state index >= 15 is 0 Å². The highest BCUT2D eigenvalue weighted by Gasteiger charge is 2.09. The zero-order chi connectivity index (χ0) is 9.14. The SMILES string of the molecule is CC(N)C(=O)c1ccc(Br)cc1. The van der Waals surface area contributed by atoms with Gasteiger partial charge in [-0.15, -0.1) is 0 Å². The number of nitrogens with two attached hydrogens (primary N) is 1. The number of carbonyl (C=O) groups is 1. The van der Waals surface area contributed by atoms with Crippen LogP contribution in [0.2, 0.25) is 0 Å². The van der Waals surface area contributed by atoms with E-state index < -0.39 is 6.04 Å². The zero-order valence-electron chi connectivity index (χ0n) is 6.75. The Hall–Kier alpha value is -0.670. The third-order valence-electron chi connectivity index (χ3n) is 1.54. The number of benzene rings is 1.